The summed E-state index contributed by atoms with van der Waals surface area (Å²) >= 11 is 1.80. The lowest BCUT2D eigenvalue weighted by molar-refractivity contribution is 0.0297. The van der Waals surface area contributed by atoms with E-state index in [-0.39, 0.29) is 6.04 Å². The van der Waals surface area contributed by atoms with Crippen LogP contribution in [0.1, 0.15) is 12.8 Å². The standard InChI is InChI=1S/C15H21N2OS/c16-12(11-19-15-4-2-1-3-5-15)6-7-17-9-14-8-13(17)10-18-14/h1-5,12-14,16H,6-11H2/t12-,13+,14+/m1/s1. The van der Waals surface area contributed by atoms with E-state index in [0.717, 1.165) is 31.9 Å². The molecule has 103 valence electrons. The summed E-state index contributed by atoms with van der Waals surface area (Å²) < 4.78 is 5.60. The van der Waals surface area contributed by atoms with E-state index in [1.165, 1.54) is 11.3 Å². The predicted octanol–water partition coefficient (Wildman–Crippen LogP) is 2.29. The Morgan fingerprint density at radius 3 is 2.89 bits per heavy atom. The van der Waals surface area contributed by atoms with Crippen molar-refractivity contribution in [3.05, 3.63) is 30.3 Å². The van der Waals surface area contributed by atoms with Crippen molar-refractivity contribution in [1.82, 2.24) is 10.6 Å². The topological polar surface area (TPSA) is 36.3 Å². The van der Waals surface area contributed by atoms with E-state index in [1.54, 1.807) is 11.8 Å². The maximum atomic E-state index is 8.14. The molecule has 0 aliphatic carbocycles. The van der Waals surface area contributed by atoms with Crippen LogP contribution in [-0.4, -0.2) is 48.5 Å². The monoisotopic (exact) mass is 277 g/mol. The van der Waals surface area contributed by atoms with Crippen LogP contribution in [0, 0.1) is 0 Å². The quantitative estimate of drug-likeness (QED) is 0.749. The first-order valence-electron chi connectivity index (χ1n) is 7.06. The highest BCUT2D eigenvalue weighted by Crippen LogP contribution is 2.28. The highest BCUT2D eigenvalue weighted by atomic mass is 32.2. The summed E-state index contributed by atoms with van der Waals surface area (Å²) in [7, 11) is 0. The minimum atomic E-state index is 0.0326. The first-order valence-corrected chi connectivity index (χ1v) is 8.04. The van der Waals surface area contributed by atoms with Crippen LogP contribution in [0.3, 0.4) is 0 Å². The lowest BCUT2D eigenvalue weighted by atomic mass is 10.2. The second-order valence-electron chi connectivity index (χ2n) is 5.45. The number of ether oxygens (including phenoxy) is 1. The molecule has 0 saturated carbocycles. The predicted molar refractivity (Wildman–Crippen MR) is 78.4 cm³/mol. The van der Waals surface area contributed by atoms with Gasteiger partial charge in [-0.25, -0.2) is 0 Å². The normalized spacial score (nSPS) is 27.8. The number of likely N-dealkylation sites (tertiary alicyclic amines) is 1. The lowest BCUT2D eigenvalue weighted by Gasteiger charge is -2.27. The molecular formula is C15H21N2OS. The maximum Gasteiger partial charge on any atom is 0.0718 e. The molecule has 2 aliphatic rings. The summed E-state index contributed by atoms with van der Waals surface area (Å²) in [6, 6.07) is 11.1. The van der Waals surface area contributed by atoms with Gasteiger partial charge in [-0.15, -0.1) is 11.8 Å². The van der Waals surface area contributed by atoms with Crippen LogP contribution in [0.2, 0.25) is 0 Å². The van der Waals surface area contributed by atoms with Crippen LogP contribution in [0.15, 0.2) is 35.2 Å². The fraction of sp³-hybridized carbons (Fsp3) is 0.600. The number of hydrogen-bond acceptors (Lipinski definition) is 3. The number of benzene rings is 1. The second-order valence-corrected chi connectivity index (χ2v) is 6.54. The molecule has 2 saturated heterocycles. The number of fused-ring (bicyclic) bond motifs is 2. The van der Waals surface area contributed by atoms with Crippen molar-refractivity contribution < 1.29 is 4.74 Å². The Kier molecular flexibility index (Phi) is 4.43. The molecule has 19 heavy (non-hydrogen) atoms. The number of thioether (sulfide) groups is 1. The van der Waals surface area contributed by atoms with Crippen molar-refractivity contribution in [2.45, 2.75) is 35.9 Å². The average molecular weight is 277 g/mol. The van der Waals surface area contributed by atoms with Crippen LogP contribution < -0.4 is 5.73 Å². The Bertz CT molecular complexity index is 400. The van der Waals surface area contributed by atoms with Gasteiger partial charge in [0, 0.05) is 35.8 Å². The maximum absolute atomic E-state index is 8.14. The zero-order valence-electron chi connectivity index (χ0n) is 11.1. The summed E-state index contributed by atoms with van der Waals surface area (Å²) in [5.41, 5.74) is 8.14. The molecule has 1 radical (unpaired) electrons. The highest BCUT2D eigenvalue weighted by molar-refractivity contribution is 7.99. The largest absolute Gasteiger partial charge is 0.375 e. The van der Waals surface area contributed by atoms with Gasteiger partial charge in [-0.1, -0.05) is 18.2 Å². The zero-order valence-corrected chi connectivity index (χ0v) is 11.9. The molecule has 0 amide bonds. The molecule has 0 unspecified atom stereocenters. The summed E-state index contributed by atoms with van der Waals surface area (Å²) in [5.74, 6) is 0.891. The SMILES string of the molecule is [NH][C@H](CCN1C[C@@H]2C[C@H]1CO2)CSc1ccccc1. The first kappa shape index (κ1) is 13.4. The van der Waals surface area contributed by atoms with Crippen molar-refractivity contribution in [3.8, 4) is 0 Å². The van der Waals surface area contributed by atoms with E-state index in [2.05, 4.69) is 29.2 Å². The fourth-order valence-corrected chi connectivity index (χ4v) is 3.78. The molecule has 3 nitrogen and oxygen atoms in total. The van der Waals surface area contributed by atoms with E-state index in [0.29, 0.717) is 12.1 Å². The summed E-state index contributed by atoms with van der Waals surface area (Å²) in [6.07, 6.45) is 2.66. The summed E-state index contributed by atoms with van der Waals surface area (Å²) in [6.45, 7) is 3.06. The minimum Gasteiger partial charge on any atom is -0.375 e. The average Bonchev–Trinajstić information content (AvgIpc) is 3.06. The molecule has 2 bridgehead atoms. The van der Waals surface area contributed by atoms with Gasteiger partial charge in [0.2, 0.25) is 0 Å². The zero-order chi connectivity index (χ0) is 13.1. The van der Waals surface area contributed by atoms with Gasteiger partial charge in [0.25, 0.3) is 0 Å². The van der Waals surface area contributed by atoms with Gasteiger partial charge < -0.3 is 4.74 Å². The smallest absolute Gasteiger partial charge is 0.0718 e. The highest BCUT2D eigenvalue weighted by Gasteiger charge is 2.38. The Hall–Kier alpha value is -0.550. The van der Waals surface area contributed by atoms with Gasteiger partial charge in [-0.05, 0) is 25.0 Å². The molecule has 3 rings (SSSR count). The number of rotatable bonds is 6. The Morgan fingerprint density at radius 2 is 2.21 bits per heavy atom. The van der Waals surface area contributed by atoms with Crippen LogP contribution in [0.5, 0.6) is 0 Å². The van der Waals surface area contributed by atoms with Crippen LogP contribution in [0.25, 0.3) is 0 Å². The van der Waals surface area contributed by atoms with Gasteiger partial charge in [-0.3, -0.25) is 10.6 Å². The fourth-order valence-electron chi connectivity index (χ4n) is 2.87. The number of morpholine rings is 1. The lowest BCUT2D eigenvalue weighted by Crippen LogP contribution is -2.38. The number of nitrogens with zero attached hydrogens (tertiary/aromatic N) is 1. The third kappa shape index (κ3) is 3.51. The van der Waals surface area contributed by atoms with Gasteiger partial charge in [0.05, 0.1) is 12.7 Å². The van der Waals surface area contributed by atoms with Crippen molar-refractivity contribution >= 4 is 11.8 Å². The van der Waals surface area contributed by atoms with E-state index in [1.807, 2.05) is 6.07 Å². The van der Waals surface area contributed by atoms with Crippen LogP contribution >= 0.6 is 11.8 Å². The van der Waals surface area contributed by atoms with Gasteiger partial charge in [0.1, 0.15) is 0 Å². The molecular weight excluding hydrogens is 256 g/mol. The van der Waals surface area contributed by atoms with E-state index >= 15 is 0 Å². The van der Waals surface area contributed by atoms with Crippen LogP contribution in [0.4, 0.5) is 0 Å². The summed E-state index contributed by atoms with van der Waals surface area (Å²) in [4.78, 5) is 3.79. The van der Waals surface area contributed by atoms with Gasteiger partial charge >= 0.3 is 0 Å². The Balaban J connectivity index is 1.36. The molecule has 0 aromatic heterocycles. The molecule has 2 aliphatic heterocycles. The molecule has 2 heterocycles. The van der Waals surface area contributed by atoms with Gasteiger partial charge in [0.15, 0.2) is 0 Å². The van der Waals surface area contributed by atoms with Crippen molar-refractivity contribution in [1.29, 1.82) is 0 Å². The first-order chi connectivity index (χ1) is 9.31. The van der Waals surface area contributed by atoms with Crippen LogP contribution in [-0.2, 0) is 4.74 Å². The Labute approximate surface area is 119 Å². The number of hydrogen-bond donors (Lipinski definition) is 0. The molecule has 3 atom stereocenters. The third-order valence-corrected chi connectivity index (χ3v) is 5.15. The Morgan fingerprint density at radius 1 is 1.37 bits per heavy atom. The third-order valence-electron chi connectivity index (χ3n) is 3.97. The van der Waals surface area contributed by atoms with E-state index in [9.17, 15) is 0 Å². The number of nitrogens with one attached hydrogen (secondary N) is 1. The minimum absolute atomic E-state index is 0.0326. The van der Waals surface area contributed by atoms with Crippen molar-refractivity contribution in [3.63, 3.8) is 0 Å². The molecule has 2 fully saturated rings. The molecule has 1 aromatic rings. The van der Waals surface area contributed by atoms with Crippen molar-refractivity contribution in [2.75, 3.05) is 25.4 Å². The second kappa shape index (κ2) is 6.27. The molecule has 1 N–H and O–H groups in total. The van der Waals surface area contributed by atoms with Gasteiger partial charge in [-0.2, -0.15) is 0 Å². The van der Waals surface area contributed by atoms with Crippen molar-refractivity contribution in [2.24, 2.45) is 0 Å². The molecule has 4 heteroatoms. The molecule has 0 spiro atoms. The van der Waals surface area contributed by atoms with E-state index < -0.39 is 0 Å². The van der Waals surface area contributed by atoms with E-state index in [4.69, 9.17) is 10.5 Å². The molecule has 1 aromatic carbocycles. The summed E-state index contributed by atoms with van der Waals surface area (Å²) in [5, 5.41) is 0.